The Balaban J connectivity index is 2.60. The van der Waals surface area contributed by atoms with E-state index in [0.29, 0.717) is 0 Å². The molecule has 0 fully saturated rings. The zero-order valence-electron chi connectivity index (χ0n) is 9.53. The highest BCUT2D eigenvalue weighted by molar-refractivity contribution is 5.80. The summed E-state index contributed by atoms with van der Waals surface area (Å²) < 4.78 is 5.38. The Morgan fingerprint density at radius 2 is 1.75 bits per heavy atom. The molecule has 2 nitrogen and oxygen atoms in total. The molecule has 2 N–H and O–H groups in total. The van der Waals surface area contributed by atoms with Crippen LogP contribution in [0.3, 0.4) is 0 Å². The monoisotopic (exact) mass is 213 g/mol. The Morgan fingerprint density at radius 3 is 2.44 bits per heavy atom. The third kappa shape index (κ3) is 1.87. The summed E-state index contributed by atoms with van der Waals surface area (Å²) in [7, 11) is 1.68. The molecule has 0 aliphatic rings. The van der Waals surface area contributed by atoms with Gasteiger partial charge in [0, 0.05) is 16.8 Å². The van der Waals surface area contributed by atoms with Crippen molar-refractivity contribution in [3.63, 3.8) is 0 Å². The molecule has 16 heavy (non-hydrogen) atoms. The molecule has 2 rings (SSSR count). The van der Waals surface area contributed by atoms with Crippen molar-refractivity contribution in [3.8, 4) is 16.9 Å². The van der Waals surface area contributed by atoms with Gasteiger partial charge in [0.05, 0.1) is 7.11 Å². The number of benzene rings is 2. The van der Waals surface area contributed by atoms with Crippen LogP contribution in [0.1, 0.15) is 5.56 Å². The summed E-state index contributed by atoms with van der Waals surface area (Å²) in [5, 5.41) is 0. The molecule has 0 atom stereocenters. The van der Waals surface area contributed by atoms with E-state index in [1.807, 2.05) is 43.3 Å². The first-order valence-electron chi connectivity index (χ1n) is 5.22. The molecule has 0 aliphatic heterocycles. The highest BCUT2D eigenvalue weighted by atomic mass is 16.5. The standard InChI is InChI=1S/C14H15NO/c1-10-7-8-12(14(9-10)16-2)11-5-3-4-6-13(11)15/h3-9H,15H2,1-2H3. The van der Waals surface area contributed by atoms with Crippen LogP contribution in [0.5, 0.6) is 5.75 Å². The second-order valence-corrected chi connectivity index (χ2v) is 3.79. The van der Waals surface area contributed by atoms with Crippen molar-refractivity contribution in [2.24, 2.45) is 0 Å². The van der Waals surface area contributed by atoms with Crippen molar-refractivity contribution < 1.29 is 4.74 Å². The van der Waals surface area contributed by atoms with Crippen LogP contribution in [0.2, 0.25) is 0 Å². The Kier molecular flexibility index (Phi) is 2.82. The van der Waals surface area contributed by atoms with Gasteiger partial charge in [-0.15, -0.1) is 0 Å². The fraction of sp³-hybridized carbons (Fsp3) is 0.143. The predicted octanol–water partition coefficient (Wildman–Crippen LogP) is 3.25. The molecular formula is C14H15NO. The number of hydrogen-bond acceptors (Lipinski definition) is 2. The largest absolute Gasteiger partial charge is 0.496 e. The third-order valence-corrected chi connectivity index (χ3v) is 2.61. The average Bonchev–Trinajstić information content (AvgIpc) is 2.30. The number of nitrogens with two attached hydrogens (primary N) is 1. The molecule has 0 saturated heterocycles. The van der Waals surface area contributed by atoms with Crippen LogP contribution in [0.15, 0.2) is 42.5 Å². The van der Waals surface area contributed by atoms with Gasteiger partial charge < -0.3 is 10.5 Å². The third-order valence-electron chi connectivity index (χ3n) is 2.61. The quantitative estimate of drug-likeness (QED) is 0.777. The van der Waals surface area contributed by atoms with Gasteiger partial charge in [0.25, 0.3) is 0 Å². The molecule has 0 unspecified atom stereocenters. The second kappa shape index (κ2) is 4.27. The van der Waals surface area contributed by atoms with Crippen LogP contribution in [-0.4, -0.2) is 7.11 Å². The summed E-state index contributed by atoms with van der Waals surface area (Å²) in [4.78, 5) is 0. The fourth-order valence-electron chi connectivity index (χ4n) is 1.76. The zero-order chi connectivity index (χ0) is 11.5. The van der Waals surface area contributed by atoms with Gasteiger partial charge in [0.1, 0.15) is 5.75 Å². The van der Waals surface area contributed by atoms with Crippen LogP contribution in [0.25, 0.3) is 11.1 Å². The minimum Gasteiger partial charge on any atom is -0.496 e. The lowest BCUT2D eigenvalue weighted by atomic mass is 10.0. The fourth-order valence-corrected chi connectivity index (χ4v) is 1.76. The van der Waals surface area contributed by atoms with Crippen LogP contribution >= 0.6 is 0 Å². The number of ether oxygens (including phenoxy) is 1. The summed E-state index contributed by atoms with van der Waals surface area (Å²) in [6.07, 6.45) is 0. The number of rotatable bonds is 2. The first-order chi connectivity index (χ1) is 7.72. The SMILES string of the molecule is COc1cc(C)ccc1-c1ccccc1N. The Labute approximate surface area is 95.7 Å². The van der Waals surface area contributed by atoms with Crippen molar-refractivity contribution in [2.45, 2.75) is 6.92 Å². The molecule has 0 aliphatic carbocycles. The molecule has 0 spiro atoms. The Bertz CT molecular complexity index is 506. The van der Waals surface area contributed by atoms with Gasteiger partial charge in [-0.2, -0.15) is 0 Å². The van der Waals surface area contributed by atoms with E-state index in [-0.39, 0.29) is 0 Å². The molecule has 0 bridgehead atoms. The van der Waals surface area contributed by atoms with Crippen molar-refractivity contribution in [2.75, 3.05) is 12.8 Å². The van der Waals surface area contributed by atoms with E-state index in [2.05, 4.69) is 6.07 Å². The van der Waals surface area contributed by atoms with Gasteiger partial charge in [-0.25, -0.2) is 0 Å². The minimum atomic E-state index is 0.768. The number of nitrogen functional groups attached to an aromatic ring is 1. The van der Waals surface area contributed by atoms with Crippen molar-refractivity contribution in [1.82, 2.24) is 0 Å². The number of hydrogen-bond donors (Lipinski definition) is 1. The van der Waals surface area contributed by atoms with Crippen molar-refractivity contribution in [1.29, 1.82) is 0 Å². The molecule has 2 heteroatoms. The van der Waals surface area contributed by atoms with Gasteiger partial charge in [0.2, 0.25) is 0 Å². The number of anilines is 1. The van der Waals surface area contributed by atoms with Gasteiger partial charge in [-0.1, -0.05) is 30.3 Å². The van der Waals surface area contributed by atoms with E-state index in [0.717, 1.165) is 22.6 Å². The van der Waals surface area contributed by atoms with E-state index >= 15 is 0 Å². The maximum atomic E-state index is 5.96. The number of aryl methyl sites for hydroxylation is 1. The molecule has 82 valence electrons. The van der Waals surface area contributed by atoms with E-state index in [9.17, 15) is 0 Å². The maximum Gasteiger partial charge on any atom is 0.127 e. The molecule has 0 saturated carbocycles. The Morgan fingerprint density at radius 1 is 1.00 bits per heavy atom. The van der Waals surface area contributed by atoms with Crippen LogP contribution in [0, 0.1) is 6.92 Å². The zero-order valence-corrected chi connectivity index (χ0v) is 9.53. The summed E-state index contributed by atoms with van der Waals surface area (Å²) in [6, 6.07) is 13.9. The molecular weight excluding hydrogens is 198 g/mol. The average molecular weight is 213 g/mol. The highest BCUT2D eigenvalue weighted by Crippen LogP contribution is 2.33. The molecule has 0 radical (unpaired) electrons. The van der Waals surface area contributed by atoms with Crippen LogP contribution in [0.4, 0.5) is 5.69 Å². The lowest BCUT2D eigenvalue weighted by Crippen LogP contribution is -1.93. The first-order valence-corrected chi connectivity index (χ1v) is 5.22. The summed E-state index contributed by atoms with van der Waals surface area (Å²) in [5.74, 6) is 0.859. The van der Waals surface area contributed by atoms with Crippen molar-refractivity contribution in [3.05, 3.63) is 48.0 Å². The van der Waals surface area contributed by atoms with E-state index in [4.69, 9.17) is 10.5 Å². The summed E-state index contributed by atoms with van der Waals surface area (Å²) in [6.45, 7) is 2.04. The second-order valence-electron chi connectivity index (χ2n) is 3.79. The molecule has 2 aromatic carbocycles. The first kappa shape index (κ1) is 10.6. The topological polar surface area (TPSA) is 35.2 Å². The van der Waals surface area contributed by atoms with E-state index in [1.165, 1.54) is 5.56 Å². The molecule has 0 aromatic heterocycles. The van der Waals surface area contributed by atoms with Crippen LogP contribution in [-0.2, 0) is 0 Å². The lowest BCUT2D eigenvalue weighted by molar-refractivity contribution is 0.416. The smallest absolute Gasteiger partial charge is 0.127 e. The van der Waals surface area contributed by atoms with E-state index in [1.54, 1.807) is 7.11 Å². The Hall–Kier alpha value is -1.96. The summed E-state index contributed by atoms with van der Waals surface area (Å²) in [5.41, 5.74) is 9.95. The predicted molar refractivity (Wildman–Crippen MR) is 67.6 cm³/mol. The van der Waals surface area contributed by atoms with Gasteiger partial charge in [0.15, 0.2) is 0 Å². The molecule has 0 heterocycles. The summed E-state index contributed by atoms with van der Waals surface area (Å²) >= 11 is 0. The number of para-hydroxylation sites is 1. The van der Waals surface area contributed by atoms with Crippen LogP contribution < -0.4 is 10.5 Å². The molecule has 2 aromatic rings. The van der Waals surface area contributed by atoms with Gasteiger partial charge in [-0.3, -0.25) is 0 Å². The molecule has 0 amide bonds. The van der Waals surface area contributed by atoms with Crippen molar-refractivity contribution >= 4 is 5.69 Å². The number of methoxy groups -OCH3 is 1. The maximum absolute atomic E-state index is 5.96. The minimum absolute atomic E-state index is 0.768. The van der Waals surface area contributed by atoms with E-state index < -0.39 is 0 Å². The van der Waals surface area contributed by atoms with Gasteiger partial charge >= 0.3 is 0 Å². The van der Waals surface area contributed by atoms with Gasteiger partial charge in [-0.05, 0) is 24.6 Å². The normalized spacial score (nSPS) is 10.1. The lowest BCUT2D eigenvalue weighted by Gasteiger charge is -2.11. The highest BCUT2D eigenvalue weighted by Gasteiger charge is 2.07.